The number of rotatable bonds is 6. The van der Waals surface area contributed by atoms with E-state index in [1.807, 2.05) is 0 Å². The van der Waals surface area contributed by atoms with Crippen LogP contribution in [0.3, 0.4) is 0 Å². The van der Waals surface area contributed by atoms with E-state index in [1.54, 1.807) is 19.1 Å². The molecule has 88 valence electrons. The molecule has 0 saturated carbocycles. The molecule has 0 saturated heterocycles. The van der Waals surface area contributed by atoms with Gasteiger partial charge in [-0.1, -0.05) is 0 Å². The minimum Gasteiger partial charge on any atom is -0.462 e. The summed E-state index contributed by atoms with van der Waals surface area (Å²) in [5.74, 6) is 0.132. The zero-order chi connectivity index (χ0) is 12.0. The number of Topliss-reactive ketones (excluding diaryl/α,β-unsaturated/α-hetero) is 1. The molecule has 3 nitrogen and oxygen atoms in total. The van der Waals surface area contributed by atoms with Gasteiger partial charge in [0.15, 0.2) is 5.78 Å². The standard InChI is InChI=1S/C11H13ClO3S/c1-2-15-11(14)10-6-5-9(16-10)8(13)4-3-7-12/h5-6H,2-4,7H2,1H3. The van der Waals surface area contributed by atoms with Gasteiger partial charge in [-0.25, -0.2) is 4.79 Å². The number of hydrogen-bond acceptors (Lipinski definition) is 4. The Balaban J connectivity index is 2.63. The van der Waals surface area contributed by atoms with Crippen molar-refractivity contribution in [1.82, 2.24) is 0 Å². The molecule has 0 aliphatic heterocycles. The predicted molar refractivity (Wildman–Crippen MR) is 64.6 cm³/mol. The fourth-order valence-corrected chi connectivity index (χ4v) is 2.15. The average molecular weight is 261 g/mol. The number of ether oxygens (including phenoxy) is 1. The summed E-state index contributed by atoms with van der Waals surface area (Å²) in [5.41, 5.74) is 0. The Hall–Kier alpha value is -0.870. The highest BCUT2D eigenvalue weighted by Gasteiger charge is 2.13. The summed E-state index contributed by atoms with van der Waals surface area (Å²) in [6.45, 7) is 2.09. The third kappa shape index (κ3) is 3.61. The van der Waals surface area contributed by atoms with E-state index in [9.17, 15) is 9.59 Å². The molecule has 0 spiro atoms. The quantitative estimate of drug-likeness (QED) is 0.448. The van der Waals surface area contributed by atoms with Gasteiger partial charge in [-0.15, -0.1) is 22.9 Å². The molecule has 1 aromatic heterocycles. The van der Waals surface area contributed by atoms with Gasteiger partial charge >= 0.3 is 5.97 Å². The Kier molecular flexibility index (Phi) is 5.49. The average Bonchev–Trinajstić information content (AvgIpc) is 2.75. The summed E-state index contributed by atoms with van der Waals surface area (Å²) < 4.78 is 4.84. The summed E-state index contributed by atoms with van der Waals surface area (Å²) in [5, 5.41) is 0. The monoisotopic (exact) mass is 260 g/mol. The van der Waals surface area contributed by atoms with E-state index in [0.29, 0.717) is 35.1 Å². The van der Waals surface area contributed by atoms with Gasteiger partial charge in [0.25, 0.3) is 0 Å². The topological polar surface area (TPSA) is 43.4 Å². The highest BCUT2D eigenvalue weighted by Crippen LogP contribution is 2.19. The molecule has 0 aliphatic rings. The van der Waals surface area contributed by atoms with Crippen molar-refractivity contribution >= 4 is 34.7 Å². The molecule has 0 unspecified atom stereocenters. The zero-order valence-electron chi connectivity index (χ0n) is 8.99. The summed E-state index contributed by atoms with van der Waals surface area (Å²) in [6, 6.07) is 3.28. The largest absolute Gasteiger partial charge is 0.462 e. The SMILES string of the molecule is CCOC(=O)c1ccc(C(=O)CCCCl)s1. The summed E-state index contributed by atoms with van der Waals surface area (Å²) in [7, 11) is 0. The molecule has 1 heterocycles. The van der Waals surface area contributed by atoms with E-state index in [1.165, 1.54) is 11.3 Å². The maximum Gasteiger partial charge on any atom is 0.348 e. The van der Waals surface area contributed by atoms with Crippen molar-refractivity contribution in [2.45, 2.75) is 19.8 Å². The normalized spacial score (nSPS) is 10.1. The Bertz CT molecular complexity index is 373. The van der Waals surface area contributed by atoms with Crippen LogP contribution in [0.4, 0.5) is 0 Å². The van der Waals surface area contributed by atoms with Crippen LogP contribution >= 0.6 is 22.9 Å². The van der Waals surface area contributed by atoms with Gasteiger partial charge in [-0.2, -0.15) is 0 Å². The summed E-state index contributed by atoms with van der Waals surface area (Å²) >= 11 is 6.68. The van der Waals surface area contributed by atoms with Gasteiger partial charge in [0, 0.05) is 12.3 Å². The molecule has 0 N–H and O–H groups in total. The van der Waals surface area contributed by atoms with Crippen LogP contribution in [-0.4, -0.2) is 24.2 Å². The fraction of sp³-hybridized carbons (Fsp3) is 0.455. The van der Waals surface area contributed by atoms with E-state index in [-0.39, 0.29) is 11.8 Å². The van der Waals surface area contributed by atoms with E-state index < -0.39 is 0 Å². The Morgan fingerprint density at radius 2 is 2.06 bits per heavy atom. The molecule has 1 rings (SSSR count). The van der Waals surface area contributed by atoms with Crippen LogP contribution in [0.25, 0.3) is 0 Å². The Morgan fingerprint density at radius 3 is 2.69 bits per heavy atom. The lowest BCUT2D eigenvalue weighted by Crippen LogP contribution is -2.01. The smallest absolute Gasteiger partial charge is 0.348 e. The zero-order valence-corrected chi connectivity index (χ0v) is 10.6. The molecule has 16 heavy (non-hydrogen) atoms. The second-order valence-electron chi connectivity index (χ2n) is 3.10. The molecular formula is C11H13ClO3S. The second kappa shape index (κ2) is 6.66. The first-order chi connectivity index (χ1) is 7.69. The lowest BCUT2D eigenvalue weighted by atomic mass is 10.2. The van der Waals surface area contributed by atoms with E-state index >= 15 is 0 Å². The van der Waals surface area contributed by atoms with Gasteiger partial charge in [-0.3, -0.25) is 4.79 Å². The van der Waals surface area contributed by atoms with Crippen molar-refractivity contribution < 1.29 is 14.3 Å². The molecule has 0 atom stereocenters. The summed E-state index contributed by atoms with van der Waals surface area (Å²) in [6.07, 6.45) is 1.08. The van der Waals surface area contributed by atoms with Gasteiger partial charge in [-0.05, 0) is 25.5 Å². The highest BCUT2D eigenvalue weighted by molar-refractivity contribution is 7.15. The predicted octanol–water partition coefficient (Wildman–Crippen LogP) is 3.13. The van der Waals surface area contributed by atoms with Crippen LogP contribution in [0.2, 0.25) is 0 Å². The molecule has 0 fully saturated rings. The van der Waals surface area contributed by atoms with Crippen LogP contribution in [-0.2, 0) is 4.74 Å². The number of alkyl halides is 1. The first kappa shape index (κ1) is 13.2. The number of carbonyl (C=O) groups is 2. The van der Waals surface area contributed by atoms with Gasteiger partial charge < -0.3 is 4.74 Å². The number of carbonyl (C=O) groups excluding carboxylic acids is 2. The fourth-order valence-electron chi connectivity index (χ4n) is 1.15. The van der Waals surface area contributed by atoms with E-state index in [4.69, 9.17) is 16.3 Å². The van der Waals surface area contributed by atoms with Crippen molar-refractivity contribution in [2.75, 3.05) is 12.5 Å². The minimum atomic E-state index is -0.371. The van der Waals surface area contributed by atoms with Crippen LogP contribution in [0.5, 0.6) is 0 Å². The Morgan fingerprint density at radius 1 is 1.38 bits per heavy atom. The molecule has 0 bridgehead atoms. The molecule has 0 aliphatic carbocycles. The van der Waals surface area contributed by atoms with Crippen LogP contribution in [0, 0.1) is 0 Å². The van der Waals surface area contributed by atoms with E-state index in [2.05, 4.69) is 0 Å². The van der Waals surface area contributed by atoms with E-state index in [0.717, 1.165) is 0 Å². The van der Waals surface area contributed by atoms with Crippen molar-refractivity contribution in [3.05, 3.63) is 21.9 Å². The first-order valence-electron chi connectivity index (χ1n) is 5.05. The molecule has 0 amide bonds. The molecular weight excluding hydrogens is 248 g/mol. The first-order valence-corrected chi connectivity index (χ1v) is 6.40. The van der Waals surface area contributed by atoms with Crippen molar-refractivity contribution in [3.63, 3.8) is 0 Å². The maximum atomic E-state index is 11.6. The molecule has 0 radical (unpaired) electrons. The van der Waals surface area contributed by atoms with Crippen LogP contribution in [0.1, 0.15) is 39.1 Å². The summed E-state index contributed by atoms with van der Waals surface area (Å²) in [4.78, 5) is 24.0. The van der Waals surface area contributed by atoms with Crippen LogP contribution in [0.15, 0.2) is 12.1 Å². The number of halogens is 1. The Labute approximate surface area is 103 Å². The van der Waals surface area contributed by atoms with Gasteiger partial charge in [0.1, 0.15) is 4.88 Å². The van der Waals surface area contributed by atoms with Crippen molar-refractivity contribution in [1.29, 1.82) is 0 Å². The van der Waals surface area contributed by atoms with Gasteiger partial charge in [0.05, 0.1) is 11.5 Å². The lowest BCUT2D eigenvalue weighted by Gasteiger charge is -1.97. The molecule has 5 heteroatoms. The lowest BCUT2D eigenvalue weighted by molar-refractivity contribution is 0.0532. The van der Waals surface area contributed by atoms with Crippen LogP contribution < -0.4 is 0 Å². The second-order valence-corrected chi connectivity index (χ2v) is 4.56. The number of hydrogen-bond donors (Lipinski definition) is 0. The third-order valence-corrected chi connectivity index (χ3v) is 3.27. The molecule has 1 aromatic rings. The minimum absolute atomic E-state index is 0.0289. The number of thiophene rings is 1. The maximum absolute atomic E-state index is 11.6. The van der Waals surface area contributed by atoms with Gasteiger partial charge in [0.2, 0.25) is 0 Å². The van der Waals surface area contributed by atoms with Crippen molar-refractivity contribution in [3.8, 4) is 0 Å². The molecule has 0 aromatic carbocycles. The highest BCUT2D eigenvalue weighted by atomic mass is 35.5. The number of esters is 1. The van der Waals surface area contributed by atoms with Crippen molar-refractivity contribution in [2.24, 2.45) is 0 Å². The number of ketones is 1. The third-order valence-electron chi connectivity index (χ3n) is 1.89.